The Bertz CT molecular complexity index is 955. The summed E-state index contributed by atoms with van der Waals surface area (Å²) in [4.78, 5) is 23.9. The molecule has 0 aromatic heterocycles. The topological polar surface area (TPSA) is 92.8 Å². The first-order valence-corrected chi connectivity index (χ1v) is 11.0. The summed E-state index contributed by atoms with van der Waals surface area (Å²) in [6, 6.07) is 13.9. The highest BCUT2D eigenvalue weighted by Crippen LogP contribution is 2.19. The molecule has 8 heteroatoms. The molecule has 156 valence electrons. The predicted molar refractivity (Wildman–Crippen MR) is 113 cm³/mol. The third-order valence-electron chi connectivity index (χ3n) is 4.35. The number of Topliss-reactive ketones (excluding diaryl/α,β-unsaturated/α-hetero) is 1. The average molecular weight is 419 g/mol. The number of methoxy groups -OCH3 is 1. The van der Waals surface area contributed by atoms with E-state index in [2.05, 4.69) is 5.32 Å². The molecule has 0 atom stereocenters. The molecule has 7 nitrogen and oxygen atoms in total. The van der Waals surface area contributed by atoms with Crippen LogP contribution in [0.3, 0.4) is 0 Å². The zero-order valence-corrected chi connectivity index (χ0v) is 17.7. The van der Waals surface area contributed by atoms with Crippen LogP contribution in [0.4, 0.5) is 5.69 Å². The Morgan fingerprint density at radius 3 is 2.38 bits per heavy atom. The highest BCUT2D eigenvalue weighted by atomic mass is 32.2. The maximum absolute atomic E-state index is 12.3. The summed E-state index contributed by atoms with van der Waals surface area (Å²) in [6.45, 7) is 1.48. The number of carbonyl (C=O) groups excluding carboxylic acids is 2. The number of ether oxygens (including phenoxy) is 1. The molecule has 29 heavy (non-hydrogen) atoms. The van der Waals surface area contributed by atoms with Crippen LogP contribution in [0.1, 0.15) is 29.3 Å². The average Bonchev–Trinajstić information content (AvgIpc) is 2.69. The van der Waals surface area contributed by atoms with E-state index in [1.54, 1.807) is 25.3 Å². The van der Waals surface area contributed by atoms with Crippen molar-refractivity contribution < 1.29 is 22.7 Å². The Hall–Kier alpha value is -2.87. The molecule has 0 radical (unpaired) electrons. The normalized spacial score (nSPS) is 11.0. The van der Waals surface area contributed by atoms with Gasteiger partial charge in [-0.1, -0.05) is 24.3 Å². The van der Waals surface area contributed by atoms with Crippen LogP contribution in [-0.2, 0) is 21.2 Å². The quantitative estimate of drug-likeness (QED) is 0.472. The van der Waals surface area contributed by atoms with Crippen LogP contribution in [0.25, 0.3) is 0 Å². The van der Waals surface area contributed by atoms with E-state index in [9.17, 15) is 18.0 Å². The van der Waals surface area contributed by atoms with Gasteiger partial charge in [-0.15, -0.1) is 0 Å². The van der Waals surface area contributed by atoms with Crippen molar-refractivity contribution in [2.45, 2.75) is 19.8 Å². The molecule has 2 aromatic carbocycles. The van der Waals surface area contributed by atoms with Crippen LogP contribution in [0.2, 0.25) is 0 Å². The standard InChI is InChI=1S/C21H26N2O5S/c1-16(24)18-7-4-8-19(14-18)23(29(3,26)27)15-21(25)22-13-5-6-17-9-11-20(28-2)12-10-17/h4,7-12,14H,5-6,13,15H2,1-3H3,(H,22,25). The summed E-state index contributed by atoms with van der Waals surface area (Å²) in [7, 11) is -2.07. The van der Waals surface area contributed by atoms with Crippen molar-refractivity contribution in [3.63, 3.8) is 0 Å². The lowest BCUT2D eigenvalue weighted by Gasteiger charge is -2.22. The van der Waals surface area contributed by atoms with Crippen molar-refractivity contribution in [2.75, 3.05) is 30.8 Å². The summed E-state index contributed by atoms with van der Waals surface area (Å²) in [6.07, 6.45) is 2.53. The minimum absolute atomic E-state index is 0.178. The molecule has 2 aromatic rings. The summed E-state index contributed by atoms with van der Waals surface area (Å²) in [5.74, 6) is 0.207. The highest BCUT2D eigenvalue weighted by Gasteiger charge is 2.21. The second-order valence-corrected chi connectivity index (χ2v) is 8.58. The molecule has 0 aliphatic rings. The first-order valence-electron chi connectivity index (χ1n) is 9.19. The lowest BCUT2D eigenvalue weighted by molar-refractivity contribution is -0.119. The third-order valence-corrected chi connectivity index (χ3v) is 5.49. The van der Waals surface area contributed by atoms with Crippen LogP contribution in [0.5, 0.6) is 5.75 Å². The minimum atomic E-state index is -3.69. The van der Waals surface area contributed by atoms with E-state index in [1.807, 2.05) is 24.3 Å². The molecular weight excluding hydrogens is 392 g/mol. The summed E-state index contributed by atoms with van der Waals surface area (Å²) in [5.41, 5.74) is 1.79. The summed E-state index contributed by atoms with van der Waals surface area (Å²) < 4.78 is 30.4. The molecule has 0 heterocycles. The Labute approximate surface area is 171 Å². The van der Waals surface area contributed by atoms with E-state index in [0.29, 0.717) is 12.1 Å². The number of benzene rings is 2. The first kappa shape index (κ1) is 22.4. The van der Waals surface area contributed by atoms with Crippen molar-refractivity contribution in [1.29, 1.82) is 0 Å². The molecule has 0 saturated heterocycles. The molecule has 0 bridgehead atoms. The fourth-order valence-electron chi connectivity index (χ4n) is 2.78. The van der Waals surface area contributed by atoms with E-state index in [-0.39, 0.29) is 18.0 Å². The van der Waals surface area contributed by atoms with E-state index >= 15 is 0 Å². The van der Waals surface area contributed by atoms with Crippen LogP contribution in [-0.4, -0.2) is 46.6 Å². The molecule has 0 fully saturated rings. The van der Waals surface area contributed by atoms with E-state index < -0.39 is 15.9 Å². The van der Waals surface area contributed by atoms with Crippen LogP contribution < -0.4 is 14.4 Å². The second-order valence-electron chi connectivity index (χ2n) is 6.68. The van der Waals surface area contributed by atoms with Gasteiger partial charge < -0.3 is 10.1 Å². The zero-order valence-electron chi connectivity index (χ0n) is 16.8. The number of nitrogens with zero attached hydrogens (tertiary/aromatic N) is 1. The number of hydrogen-bond acceptors (Lipinski definition) is 5. The monoisotopic (exact) mass is 418 g/mol. The number of nitrogens with one attached hydrogen (secondary N) is 1. The molecule has 0 saturated carbocycles. The Kier molecular flexibility index (Phi) is 7.78. The number of aryl methyl sites for hydroxylation is 1. The maximum Gasteiger partial charge on any atom is 0.240 e. The van der Waals surface area contributed by atoms with Crippen molar-refractivity contribution >= 4 is 27.4 Å². The number of carbonyl (C=O) groups is 2. The number of ketones is 1. The number of amides is 1. The maximum atomic E-state index is 12.3. The van der Waals surface area contributed by atoms with Crippen molar-refractivity contribution in [1.82, 2.24) is 5.32 Å². The predicted octanol–water partition coefficient (Wildman–Crippen LogP) is 2.41. The van der Waals surface area contributed by atoms with Gasteiger partial charge in [-0.25, -0.2) is 8.42 Å². The van der Waals surface area contributed by atoms with E-state index in [0.717, 1.165) is 34.7 Å². The molecule has 0 aliphatic heterocycles. The fraction of sp³-hybridized carbons (Fsp3) is 0.333. The van der Waals surface area contributed by atoms with Gasteiger partial charge in [0.15, 0.2) is 5.78 Å². The van der Waals surface area contributed by atoms with Gasteiger partial charge >= 0.3 is 0 Å². The molecule has 1 N–H and O–H groups in total. The van der Waals surface area contributed by atoms with Gasteiger partial charge in [0.25, 0.3) is 0 Å². The van der Waals surface area contributed by atoms with E-state index in [4.69, 9.17) is 4.74 Å². The number of hydrogen-bond donors (Lipinski definition) is 1. The molecule has 1 amide bonds. The summed E-state index contributed by atoms with van der Waals surface area (Å²) in [5, 5.41) is 2.75. The van der Waals surface area contributed by atoms with E-state index in [1.165, 1.54) is 13.0 Å². The summed E-state index contributed by atoms with van der Waals surface area (Å²) >= 11 is 0. The highest BCUT2D eigenvalue weighted by molar-refractivity contribution is 7.92. The third kappa shape index (κ3) is 6.90. The van der Waals surface area contributed by atoms with Gasteiger partial charge in [0, 0.05) is 12.1 Å². The number of rotatable bonds is 10. The Morgan fingerprint density at radius 2 is 1.79 bits per heavy atom. The van der Waals surface area contributed by atoms with Crippen LogP contribution in [0, 0.1) is 0 Å². The van der Waals surface area contributed by atoms with Crippen molar-refractivity contribution in [2.24, 2.45) is 0 Å². The zero-order chi connectivity index (χ0) is 21.4. The van der Waals surface area contributed by atoms with Crippen LogP contribution >= 0.6 is 0 Å². The van der Waals surface area contributed by atoms with Gasteiger partial charge in [-0.05, 0) is 49.6 Å². The SMILES string of the molecule is COc1ccc(CCCNC(=O)CN(c2cccc(C(C)=O)c2)S(C)(=O)=O)cc1. The number of anilines is 1. The largest absolute Gasteiger partial charge is 0.497 e. The lowest BCUT2D eigenvalue weighted by atomic mass is 10.1. The molecule has 0 unspecified atom stereocenters. The second kappa shape index (κ2) is 10.1. The van der Waals surface area contributed by atoms with Gasteiger partial charge in [-0.3, -0.25) is 13.9 Å². The minimum Gasteiger partial charge on any atom is -0.497 e. The fourth-order valence-corrected chi connectivity index (χ4v) is 3.63. The van der Waals surface area contributed by atoms with Gasteiger partial charge in [0.05, 0.1) is 19.1 Å². The Morgan fingerprint density at radius 1 is 1.10 bits per heavy atom. The van der Waals surface area contributed by atoms with Crippen molar-refractivity contribution in [3.05, 3.63) is 59.7 Å². The molecule has 2 rings (SSSR count). The van der Waals surface area contributed by atoms with Gasteiger partial charge in [-0.2, -0.15) is 0 Å². The molecule has 0 spiro atoms. The molecular formula is C21H26N2O5S. The smallest absolute Gasteiger partial charge is 0.240 e. The van der Waals surface area contributed by atoms with Crippen molar-refractivity contribution in [3.8, 4) is 5.75 Å². The lowest BCUT2D eigenvalue weighted by Crippen LogP contribution is -2.40. The molecule has 0 aliphatic carbocycles. The first-order chi connectivity index (χ1) is 13.7. The number of sulfonamides is 1. The van der Waals surface area contributed by atoms with Crippen LogP contribution in [0.15, 0.2) is 48.5 Å². The van der Waals surface area contributed by atoms with Gasteiger partial charge in [0.1, 0.15) is 12.3 Å². The van der Waals surface area contributed by atoms with Gasteiger partial charge in [0.2, 0.25) is 15.9 Å². The Balaban J connectivity index is 1.93.